The highest BCUT2D eigenvalue weighted by Crippen LogP contribution is 2.38. The molecular weight excluding hydrogens is 472 g/mol. The van der Waals surface area contributed by atoms with Gasteiger partial charge in [0, 0.05) is 13.5 Å². The zero-order valence-corrected chi connectivity index (χ0v) is 21.4. The van der Waals surface area contributed by atoms with Crippen LogP contribution < -0.4 is 5.32 Å². The topological polar surface area (TPSA) is 115 Å². The third-order valence-corrected chi connectivity index (χ3v) is 8.11. The molecule has 4 atom stereocenters. The molecule has 1 aromatic carbocycles. The fraction of sp³-hybridized carbons (Fsp3) is 0.519. The minimum atomic E-state index is -0.708. The van der Waals surface area contributed by atoms with Crippen LogP contribution in [0.4, 0.5) is 0 Å². The molecule has 3 aliphatic rings. The maximum absolute atomic E-state index is 14.5. The van der Waals surface area contributed by atoms with Crippen LogP contribution in [0.5, 0.6) is 0 Å². The minimum Gasteiger partial charge on any atom is -0.449 e. The molecule has 0 bridgehead atoms. The number of rotatable bonds is 6. The predicted molar refractivity (Wildman–Crippen MR) is 132 cm³/mol. The average molecular weight is 505 g/mol. The molecule has 0 saturated carbocycles. The number of amides is 2. The highest BCUT2D eigenvalue weighted by molar-refractivity contribution is 5.98. The largest absolute Gasteiger partial charge is 0.449 e. The molecule has 194 valence electrons. The van der Waals surface area contributed by atoms with Crippen LogP contribution in [0.3, 0.4) is 0 Å². The Bertz CT molecular complexity index is 1310. The van der Waals surface area contributed by atoms with Gasteiger partial charge in [-0.05, 0) is 35.8 Å². The van der Waals surface area contributed by atoms with E-state index in [-0.39, 0.29) is 23.7 Å². The van der Waals surface area contributed by atoms with E-state index in [1.807, 2.05) is 30.5 Å². The standard InChI is InChI=1S/C27H32N6O4/c1-4-15(2)23-26(34)29-22(19-11-17-7-5-6-8-18(17)12-19)27(35)33(23)24(20-13-37-16(3)28-20)25-31-30-21-14-36-10-9-32(21)25/h5-8,13,15,19,22-24H,4,9-12,14H2,1-3H3,(H,29,34)/t15-,22+,23+,24-/m0/s1. The number of ether oxygens (including phenoxy) is 1. The Balaban J connectivity index is 1.45. The molecular formula is C27H32N6O4. The second-order valence-corrected chi connectivity index (χ2v) is 10.4. The lowest BCUT2D eigenvalue weighted by molar-refractivity contribution is -0.155. The Labute approximate surface area is 215 Å². The second kappa shape index (κ2) is 9.41. The number of nitrogens with zero attached hydrogens (tertiary/aromatic N) is 5. The van der Waals surface area contributed by atoms with Gasteiger partial charge in [-0.2, -0.15) is 0 Å². The van der Waals surface area contributed by atoms with E-state index in [1.54, 1.807) is 18.1 Å². The fourth-order valence-electron chi connectivity index (χ4n) is 6.04. The number of carbonyl (C=O) groups excluding carboxylic acids is 2. The number of hydrogen-bond acceptors (Lipinski definition) is 7. The molecule has 1 saturated heterocycles. The first-order chi connectivity index (χ1) is 18.0. The third-order valence-electron chi connectivity index (χ3n) is 8.11. The maximum Gasteiger partial charge on any atom is 0.247 e. The predicted octanol–water partition coefficient (Wildman–Crippen LogP) is 2.35. The van der Waals surface area contributed by atoms with Crippen molar-refractivity contribution in [1.29, 1.82) is 0 Å². The number of fused-ring (bicyclic) bond motifs is 2. The van der Waals surface area contributed by atoms with Crippen molar-refractivity contribution in [3.05, 3.63) is 64.9 Å². The molecule has 2 amide bonds. The van der Waals surface area contributed by atoms with Gasteiger partial charge in [-0.1, -0.05) is 44.5 Å². The fourth-order valence-corrected chi connectivity index (χ4v) is 6.04. The molecule has 6 rings (SSSR count). The summed E-state index contributed by atoms with van der Waals surface area (Å²) in [7, 11) is 0. The van der Waals surface area contributed by atoms with Gasteiger partial charge >= 0.3 is 0 Å². The van der Waals surface area contributed by atoms with E-state index in [0.717, 1.165) is 19.3 Å². The summed E-state index contributed by atoms with van der Waals surface area (Å²) in [5.74, 6) is 1.42. The van der Waals surface area contributed by atoms with E-state index in [2.05, 4.69) is 32.6 Å². The molecule has 10 heteroatoms. The van der Waals surface area contributed by atoms with Crippen LogP contribution in [0, 0.1) is 18.8 Å². The quantitative estimate of drug-likeness (QED) is 0.548. The van der Waals surface area contributed by atoms with Crippen molar-refractivity contribution in [2.45, 2.75) is 71.3 Å². The molecule has 0 spiro atoms. The number of oxazole rings is 1. The van der Waals surface area contributed by atoms with Crippen LogP contribution in [-0.2, 0) is 40.3 Å². The number of carbonyl (C=O) groups is 2. The van der Waals surface area contributed by atoms with Gasteiger partial charge in [0.15, 0.2) is 17.5 Å². The first-order valence-electron chi connectivity index (χ1n) is 13.1. The summed E-state index contributed by atoms with van der Waals surface area (Å²) in [6, 6.07) is 6.24. The highest BCUT2D eigenvalue weighted by Gasteiger charge is 2.51. The lowest BCUT2D eigenvalue weighted by Gasteiger charge is -2.45. The number of nitrogens with one attached hydrogen (secondary N) is 1. The molecule has 0 radical (unpaired) electrons. The van der Waals surface area contributed by atoms with Crippen molar-refractivity contribution >= 4 is 11.8 Å². The first-order valence-corrected chi connectivity index (χ1v) is 13.1. The van der Waals surface area contributed by atoms with E-state index in [4.69, 9.17) is 9.15 Å². The number of aromatic nitrogens is 4. The smallest absolute Gasteiger partial charge is 0.247 e. The summed E-state index contributed by atoms with van der Waals surface area (Å²) in [5, 5.41) is 12.0. The lowest BCUT2D eigenvalue weighted by atomic mass is 9.86. The minimum absolute atomic E-state index is 0.0188. The van der Waals surface area contributed by atoms with Gasteiger partial charge in [0.05, 0.1) is 6.61 Å². The molecule has 1 aliphatic carbocycles. The number of benzene rings is 1. The van der Waals surface area contributed by atoms with E-state index in [1.165, 1.54) is 11.1 Å². The van der Waals surface area contributed by atoms with Crippen LogP contribution in [0.25, 0.3) is 0 Å². The number of hydrogen-bond donors (Lipinski definition) is 1. The van der Waals surface area contributed by atoms with Crippen LogP contribution in [0.15, 0.2) is 34.9 Å². The Hall–Kier alpha value is -3.53. The SMILES string of the molecule is CC[C@H](C)[C@@H]1C(=O)N[C@H](C2Cc3ccccc3C2)C(=O)N1[C@@H](c1coc(C)n1)c1nnc2n1CCOC2. The monoisotopic (exact) mass is 504 g/mol. The van der Waals surface area contributed by atoms with Crippen molar-refractivity contribution in [3.8, 4) is 0 Å². The van der Waals surface area contributed by atoms with E-state index < -0.39 is 18.1 Å². The molecule has 1 fully saturated rings. The zero-order chi connectivity index (χ0) is 25.7. The maximum atomic E-state index is 14.5. The lowest BCUT2D eigenvalue weighted by Crippen LogP contribution is -2.67. The van der Waals surface area contributed by atoms with Gasteiger partial charge in [-0.3, -0.25) is 9.59 Å². The van der Waals surface area contributed by atoms with Gasteiger partial charge in [-0.15, -0.1) is 10.2 Å². The molecule has 1 N–H and O–H groups in total. The highest BCUT2D eigenvalue weighted by atomic mass is 16.5. The molecule has 10 nitrogen and oxygen atoms in total. The molecule has 4 heterocycles. The van der Waals surface area contributed by atoms with E-state index >= 15 is 0 Å². The molecule has 0 unspecified atom stereocenters. The Morgan fingerprint density at radius 2 is 1.92 bits per heavy atom. The number of aryl methyl sites for hydroxylation is 1. The normalized spacial score (nSPS) is 23.5. The van der Waals surface area contributed by atoms with Crippen molar-refractivity contribution < 1.29 is 18.7 Å². The van der Waals surface area contributed by atoms with Crippen molar-refractivity contribution in [1.82, 2.24) is 30.0 Å². The van der Waals surface area contributed by atoms with Crippen LogP contribution in [-0.4, -0.2) is 55.2 Å². The zero-order valence-electron chi connectivity index (χ0n) is 21.4. The van der Waals surface area contributed by atoms with Gasteiger partial charge < -0.3 is 23.9 Å². The molecule has 2 aliphatic heterocycles. The van der Waals surface area contributed by atoms with Gasteiger partial charge in [-0.25, -0.2) is 4.98 Å². The van der Waals surface area contributed by atoms with E-state index in [0.29, 0.717) is 43.0 Å². The first kappa shape index (κ1) is 23.8. The summed E-state index contributed by atoms with van der Waals surface area (Å²) < 4.78 is 13.2. The van der Waals surface area contributed by atoms with Gasteiger partial charge in [0.2, 0.25) is 11.8 Å². The van der Waals surface area contributed by atoms with Gasteiger partial charge in [0.25, 0.3) is 0 Å². The molecule has 3 aromatic rings. The van der Waals surface area contributed by atoms with Crippen LogP contribution >= 0.6 is 0 Å². The van der Waals surface area contributed by atoms with Crippen molar-refractivity contribution in [2.24, 2.45) is 11.8 Å². The molecule has 37 heavy (non-hydrogen) atoms. The molecule has 2 aromatic heterocycles. The summed E-state index contributed by atoms with van der Waals surface area (Å²) in [6.07, 6.45) is 3.80. The van der Waals surface area contributed by atoms with Crippen LogP contribution in [0.2, 0.25) is 0 Å². The Morgan fingerprint density at radius 3 is 2.59 bits per heavy atom. The van der Waals surface area contributed by atoms with E-state index in [9.17, 15) is 9.59 Å². The summed E-state index contributed by atoms with van der Waals surface area (Å²) in [6.45, 7) is 7.25. The van der Waals surface area contributed by atoms with Crippen molar-refractivity contribution in [3.63, 3.8) is 0 Å². The number of piperazine rings is 1. The van der Waals surface area contributed by atoms with Crippen molar-refractivity contribution in [2.75, 3.05) is 6.61 Å². The Morgan fingerprint density at radius 1 is 1.16 bits per heavy atom. The Kier molecular flexibility index (Phi) is 6.06. The van der Waals surface area contributed by atoms with Gasteiger partial charge in [0.1, 0.15) is 36.7 Å². The van der Waals surface area contributed by atoms with Crippen LogP contribution in [0.1, 0.15) is 60.7 Å². The average Bonchev–Trinajstić information content (AvgIpc) is 3.64. The summed E-state index contributed by atoms with van der Waals surface area (Å²) in [5.41, 5.74) is 3.02. The summed E-state index contributed by atoms with van der Waals surface area (Å²) in [4.78, 5) is 34.6. The third kappa shape index (κ3) is 4.03. The second-order valence-electron chi connectivity index (χ2n) is 10.4. The summed E-state index contributed by atoms with van der Waals surface area (Å²) >= 11 is 0.